The molecule has 0 bridgehead atoms. The Labute approximate surface area is 199 Å². The van der Waals surface area contributed by atoms with Gasteiger partial charge in [0.1, 0.15) is 12.3 Å². The van der Waals surface area contributed by atoms with Crippen LogP contribution >= 0.6 is 0 Å². The Kier molecular flexibility index (Phi) is 5.36. The van der Waals surface area contributed by atoms with E-state index in [4.69, 9.17) is 15.1 Å². The summed E-state index contributed by atoms with van der Waals surface area (Å²) in [7, 11) is 0. The number of rotatable bonds is 4. The number of fused-ring (bicyclic) bond motifs is 4. The molecule has 6 aromatic rings. The van der Waals surface area contributed by atoms with Crippen LogP contribution in [0.1, 0.15) is 5.56 Å². The number of aliphatic hydroxyl groups is 1. The molecule has 1 N–H and O–H groups in total. The van der Waals surface area contributed by atoms with Gasteiger partial charge in [0.05, 0.1) is 16.7 Å². The number of aliphatic imine (C=N–C) groups is 1. The Balaban J connectivity index is 0.00000228. The highest BCUT2D eigenvalue weighted by Crippen LogP contribution is 2.33. The molecule has 6 nitrogen and oxygen atoms in total. The predicted octanol–water partition coefficient (Wildman–Crippen LogP) is 0.626. The van der Waals surface area contributed by atoms with Gasteiger partial charge in [0.25, 0.3) is 5.56 Å². The third-order valence-electron chi connectivity index (χ3n) is 5.83. The molecule has 0 saturated heterocycles. The monoisotopic (exact) mass is 498 g/mol. The van der Waals surface area contributed by atoms with Gasteiger partial charge in [0.15, 0.2) is 18.9 Å². The van der Waals surface area contributed by atoms with Gasteiger partial charge in [-0.1, -0.05) is 24.3 Å². The Bertz CT molecular complexity index is 1710. The average Bonchev–Trinajstić information content (AvgIpc) is 3.22. The maximum Gasteiger partial charge on any atom is 0.264 e. The van der Waals surface area contributed by atoms with E-state index in [-0.39, 0.29) is 29.1 Å². The van der Waals surface area contributed by atoms with Gasteiger partial charge in [0, 0.05) is 40.1 Å². The zero-order valence-electron chi connectivity index (χ0n) is 17.5. The Morgan fingerprint density at radius 2 is 1.82 bits per heavy atom. The van der Waals surface area contributed by atoms with E-state index in [1.807, 2.05) is 89.9 Å². The van der Waals surface area contributed by atoms with Gasteiger partial charge in [0.2, 0.25) is 0 Å². The second kappa shape index (κ2) is 8.35. The fraction of sp³-hybridized carbons (Fsp3) is 0.0769. The molecule has 7 heteroatoms. The number of aliphatic hydroxyl groups excluding tert-OH is 1. The molecule has 0 spiro atoms. The summed E-state index contributed by atoms with van der Waals surface area (Å²) in [6.07, 6.45) is 5.65. The molecule has 0 fully saturated rings. The molecule has 0 radical (unpaired) electrons. The van der Waals surface area contributed by atoms with Crippen LogP contribution in [0.25, 0.3) is 38.2 Å². The van der Waals surface area contributed by atoms with Crippen LogP contribution < -0.4 is 27.1 Å². The van der Waals surface area contributed by atoms with E-state index in [1.54, 1.807) is 4.40 Å². The number of benzene rings is 3. The summed E-state index contributed by atoms with van der Waals surface area (Å²) in [5.74, 6) is 0. The smallest absolute Gasteiger partial charge is 0.264 e. The zero-order valence-corrected chi connectivity index (χ0v) is 19.1. The van der Waals surface area contributed by atoms with Gasteiger partial charge >= 0.3 is 0 Å². The lowest BCUT2D eigenvalue weighted by Gasteiger charge is -2.08. The van der Waals surface area contributed by atoms with Crippen LogP contribution in [0.2, 0.25) is 0 Å². The summed E-state index contributed by atoms with van der Waals surface area (Å²) in [6, 6.07) is 21.4. The highest BCUT2D eigenvalue weighted by Gasteiger charge is 2.16. The number of imidazole rings is 1. The van der Waals surface area contributed by atoms with Crippen molar-refractivity contribution in [3.8, 4) is 0 Å². The number of nitrogens with zero attached hydrogens (tertiary/aromatic N) is 4. The number of halogens is 1. The van der Waals surface area contributed by atoms with Crippen LogP contribution in [0.5, 0.6) is 0 Å². The number of pyridine rings is 2. The van der Waals surface area contributed by atoms with E-state index in [9.17, 15) is 4.79 Å². The fourth-order valence-corrected chi connectivity index (χ4v) is 4.34. The van der Waals surface area contributed by atoms with Crippen molar-refractivity contribution in [2.75, 3.05) is 6.61 Å². The predicted molar refractivity (Wildman–Crippen MR) is 126 cm³/mol. The molecule has 6 rings (SSSR count). The van der Waals surface area contributed by atoms with Crippen molar-refractivity contribution in [2.24, 2.45) is 4.99 Å². The third kappa shape index (κ3) is 3.46. The summed E-state index contributed by atoms with van der Waals surface area (Å²) < 4.78 is 3.62. The SMILES string of the molecule is O=c1c2cccc3cc(N=Cc4cc[n+](CCO)cc4)cc(c32)c2nc3ccccc3n12.[Br-]. The minimum atomic E-state index is -0.0523. The molecule has 0 atom stereocenters. The molecular formula is C26H19BrN4O2. The largest absolute Gasteiger partial charge is 1.00 e. The first-order valence-corrected chi connectivity index (χ1v) is 10.5. The second-order valence-corrected chi connectivity index (χ2v) is 7.81. The molecule has 162 valence electrons. The van der Waals surface area contributed by atoms with Crippen molar-refractivity contribution in [3.63, 3.8) is 0 Å². The highest BCUT2D eigenvalue weighted by atomic mass is 79.9. The molecule has 0 aliphatic heterocycles. The van der Waals surface area contributed by atoms with E-state index in [0.29, 0.717) is 17.6 Å². The number of para-hydroxylation sites is 2. The van der Waals surface area contributed by atoms with Gasteiger partial charge < -0.3 is 22.1 Å². The molecule has 0 aliphatic carbocycles. The van der Waals surface area contributed by atoms with Crippen molar-refractivity contribution in [2.45, 2.75) is 6.54 Å². The Hall–Kier alpha value is -3.68. The van der Waals surface area contributed by atoms with Gasteiger partial charge in [-0.2, -0.15) is 0 Å². The van der Waals surface area contributed by atoms with Crippen LogP contribution in [0.3, 0.4) is 0 Å². The molecular weight excluding hydrogens is 480 g/mol. The van der Waals surface area contributed by atoms with E-state index in [1.165, 1.54) is 0 Å². The summed E-state index contributed by atoms with van der Waals surface area (Å²) >= 11 is 0. The van der Waals surface area contributed by atoms with Gasteiger partial charge in [-0.05, 0) is 35.7 Å². The van der Waals surface area contributed by atoms with E-state index in [0.717, 1.165) is 38.4 Å². The minimum absolute atomic E-state index is 0. The molecule has 33 heavy (non-hydrogen) atoms. The molecule has 3 aromatic carbocycles. The zero-order chi connectivity index (χ0) is 21.7. The van der Waals surface area contributed by atoms with Crippen molar-refractivity contribution >= 4 is 50.1 Å². The summed E-state index contributed by atoms with van der Waals surface area (Å²) in [5.41, 5.74) is 3.97. The fourth-order valence-electron chi connectivity index (χ4n) is 4.34. The Morgan fingerprint density at radius 1 is 1.00 bits per heavy atom. The van der Waals surface area contributed by atoms with Gasteiger partial charge in [-0.25, -0.2) is 9.55 Å². The third-order valence-corrected chi connectivity index (χ3v) is 5.83. The van der Waals surface area contributed by atoms with E-state index >= 15 is 0 Å². The molecule has 0 unspecified atom stereocenters. The first kappa shape index (κ1) is 21.2. The summed E-state index contributed by atoms with van der Waals surface area (Å²) in [5, 5.41) is 12.5. The maximum absolute atomic E-state index is 13.3. The Morgan fingerprint density at radius 3 is 2.64 bits per heavy atom. The number of aromatic nitrogens is 3. The molecule has 0 amide bonds. The normalized spacial score (nSPS) is 11.8. The quantitative estimate of drug-likeness (QED) is 0.286. The maximum atomic E-state index is 13.3. The summed E-state index contributed by atoms with van der Waals surface area (Å²) in [4.78, 5) is 22.8. The number of hydrogen-bond acceptors (Lipinski definition) is 4. The summed E-state index contributed by atoms with van der Waals surface area (Å²) in [6.45, 7) is 0.667. The lowest BCUT2D eigenvalue weighted by Crippen LogP contribution is -3.00. The van der Waals surface area contributed by atoms with Crippen molar-refractivity contribution in [1.82, 2.24) is 9.38 Å². The van der Waals surface area contributed by atoms with Crippen molar-refractivity contribution < 1.29 is 26.7 Å². The van der Waals surface area contributed by atoms with Crippen LogP contribution in [0, 0.1) is 0 Å². The van der Waals surface area contributed by atoms with Crippen LogP contribution in [0.4, 0.5) is 5.69 Å². The lowest BCUT2D eigenvalue weighted by atomic mass is 10.0. The number of hydrogen-bond donors (Lipinski definition) is 1. The van der Waals surface area contributed by atoms with Gasteiger partial charge in [-0.15, -0.1) is 0 Å². The molecule has 0 saturated carbocycles. The van der Waals surface area contributed by atoms with Crippen LogP contribution in [-0.2, 0) is 6.54 Å². The topological polar surface area (TPSA) is 70.8 Å². The van der Waals surface area contributed by atoms with Crippen molar-refractivity contribution in [1.29, 1.82) is 0 Å². The lowest BCUT2D eigenvalue weighted by molar-refractivity contribution is -0.698. The molecule has 3 heterocycles. The van der Waals surface area contributed by atoms with E-state index < -0.39 is 0 Å². The van der Waals surface area contributed by atoms with Crippen molar-refractivity contribution in [3.05, 3.63) is 95.0 Å². The molecule has 3 aromatic heterocycles. The van der Waals surface area contributed by atoms with Gasteiger partial charge in [-0.3, -0.25) is 14.2 Å². The minimum Gasteiger partial charge on any atom is -1.00 e. The first-order valence-electron chi connectivity index (χ1n) is 10.5. The van der Waals surface area contributed by atoms with Crippen LogP contribution in [-0.4, -0.2) is 27.3 Å². The van der Waals surface area contributed by atoms with Crippen LogP contribution in [0.15, 0.2) is 88.9 Å². The standard InChI is InChI=1S/C26H19N4O2.BrH/c31-13-12-29-10-8-17(9-11-29)16-27-19-14-18-4-3-5-20-24(18)21(15-19)25-28-22-6-1-2-7-23(22)30(25)26(20)32;/h1-11,14-16,31H,12-13H2;1H/q+1;/p-1. The van der Waals surface area contributed by atoms with E-state index in [2.05, 4.69) is 0 Å². The average molecular weight is 499 g/mol. The molecule has 0 aliphatic rings. The second-order valence-electron chi connectivity index (χ2n) is 7.81. The highest BCUT2D eigenvalue weighted by molar-refractivity contribution is 6.16. The first-order chi connectivity index (χ1) is 15.7.